The first-order chi connectivity index (χ1) is 9.10. The van der Waals surface area contributed by atoms with Gasteiger partial charge in [0.2, 0.25) is 11.7 Å². The molecule has 0 aliphatic carbocycles. The van der Waals surface area contributed by atoms with Gasteiger partial charge in [-0.05, 0) is 24.6 Å². The predicted octanol–water partition coefficient (Wildman–Crippen LogP) is 2.22. The fraction of sp³-hybridized carbons (Fsp3) is 0.308. The maximum Gasteiger partial charge on any atom is 0.335 e. The Morgan fingerprint density at radius 2 is 2.26 bits per heavy atom. The average Bonchev–Trinajstić information content (AvgIpc) is 2.85. The monoisotopic (exact) mass is 262 g/mol. The lowest BCUT2D eigenvalue weighted by molar-refractivity contribution is 0.0696. The van der Waals surface area contributed by atoms with Gasteiger partial charge in [-0.2, -0.15) is 4.98 Å². The normalized spacial score (nSPS) is 10.4. The van der Waals surface area contributed by atoms with Crippen molar-refractivity contribution in [2.75, 3.05) is 0 Å². The van der Waals surface area contributed by atoms with Gasteiger partial charge in [0.05, 0.1) is 5.56 Å². The topological polar surface area (TPSA) is 85.5 Å². The summed E-state index contributed by atoms with van der Waals surface area (Å²) in [5, 5.41) is 12.7. The van der Waals surface area contributed by atoms with Crippen molar-refractivity contribution >= 4 is 5.97 Å². The lowest BCUT2D eigenvalue weighted by Gasteiger charge is -2.07. The zero-order valence-corrected chi connectivity index (χ0v) is 10.7. The Bertz CT molecular complexity index is 592. The van der Waals surface area contributed by atoms with E-state index < -0.39 is 5.97 Å². The van der Waals surface area contributed by atoms with Crippen LogP contribution in [0.25, 0.3) is 0 Å². The molecule has 2 rings (SSSR count). The molecular weight excluding hydrogens is 248 g/mol. The summed E-state index contributed by atoms with van der Waals surface area (Å²) in [5.74, 6) is 0.506. The standard InChI is InChI=1S/C13H14N2O4/c1-3-12-14-11(15-19-12)7-18-10-6-9(13(16)17)5-4-8(10)2/h4-6H,3,7H2,1-2H3,(H,16,17). The molecule has 0 atom stereocenters. The van der Waals surface area contributed by atoms with Crippen LogP contribution in [0.1, 0.15) is 34.6 Å². The molecule has 0 radical (unpaired) electrons. The second kappa shape index (κ2) is 5.51. The molecule has 1 aromatic heterocycles. The molecule has 0 fully saturated rings. The molecule has 6 nitrogen and oxygen atoms in total. The number of hydrogen-bond acceptors (Lipinski definition) is 5. The molecule has 1 N–H and O–H groups in total. The second-order valence-electron chi connectivity index (χ2n) is 4.03. The summed E-state index contributed by atoms with van der Waals surface area (Å²) in [4.78, 5) is 15.0. The number of carbonyl (C=O) groups is 1. The molecule has 19 heavy (non-hydrogen) atoms. The van der Waals surface area contributed by atoms with Crippen molar-refractivity contribution in [1.29, 1.82) is 0 Å². The highest BCUT2D eigenvalue weighted by Gasteiger charge is 2.09. The number of carboxylic acid groups (broad SMARTS) is 1. The van der Waals surface area contributed by atoms with Gasteiger partial charge in [0.15, 0.2) is 6.61 Å². The molecule has 6 heteroatoms. The quantitative estimate of drug-likeness (QED) is 0.889. The van der Waals surface area contributed by atoms with Gasteiger partial charge in [-0.1, -0.05) is 18.1 Å². The highest BCUT2D eigenvalue weighted by atomic mass is 16.5. The van der Waals surface area contributed by atoms with E-state index in [2.05, 4.69) is 10.1 Å². The fourth-order valence-corrected chi connectivity index (χ4v) is 1.52. The SMILES string of the molecule is CCc1nc(COc2cc(C(=O)O)ccc2C)no1. The average molecular weight is 262 g/mol. The third kappa shape index (κ3) is 3.09. The van der Waals surface area contributed by atoms with E-state index >= 15 is 0 Å². The number of rotatable bonds is 5. The van der Waals surface area contributed by atoms with Crippen LogP contribution in [0.3, 0.4) is 0 Å². The van der Waals surface area contributed by atoms with Crippen LogP contribution in [0.15, 0.2) is 22.7 Å². The molecule has 0 aliphatic heterocycles. The summed E-state index contributed by atoms with van der Waals surface area (Å²) < 4.78 is 10.5. The molecule has 0 unspecified atom stereocenters. The maximum absolute atomic E-state index is 10.9. The smallest absolute Gasteiger partial charge is 0.335 e. The molecular formula is C13H14N2O4. The van der Waals surface area contributed by atoms with E-state index in [1.807, 2.05) is 13.8 Å². The van der Waals surface area contributed by atoms with Crippen LogP contribution in [-0.2, 0) is 13.0 Å². The van der Waals surface area contributed by atoms with E-state index in [0.29, 0.717) is 23.9 Å². The minimum absolute atomic E-state index is 0.146. The van der Waals surface area contributed by atoms with Crippen LogP contribution >= 0.6 is 0 Å². The van der Waals surface area contributed by atoms with Crippen LogP contribution in [-0.4, -0.2) is 21.2 Å². The molecule has 0 saturated carbocycles. The lowest BCUT2D eigenvalue weighted by Crippen LogP contribution is -2.02. The summed E-state index contributed by atoms with van der Waals surface area (Å²) in [5.41, 5.74) is 1.03. The highest BCUT2D eigenvalue weighted by Crippen LogP contribution is 2.20. The number of aromatic nitrogens is 2. The van der Waals surface area contributed by atoms with Gasteiger partial charge in [0.1, 0.15) is 5.75 Å². The van der Waals surface area contributed by atoms with E-state index in [-0.39, 0.29) is 12.2 Å². The molecule has 0 amide bonds. The number of carboxylic acids is 1. The van der Waals surface area contributed by atoms with Crippen LogP contribution in [0.4, 0.5) is 0 Å². The van der Waals surface area contributed by atoms with Gasteiger partial charge in [-0.25, -0.2) is 4.79 Å². The van der Waals surface area contributed by atoms with E-state index in [9.17, 15) is 4.79 Å². The van der Waals surface area contributed by atoms with E-state index in [1.54, 1.807) is 6.07 Å². The molecule has 0 saturated heterocycles. The molecule has 1 aromatic carbocycles. The van der Waals surface area contributed by atoms with E-state index in [0.717, 1.165) is 5.56 Å². The third-order valence-electron chi connectivity index (χ3n) is 2.60. The van der Waals surface area contributed by atoms with Gasteiger partial charge in [0, 0.05) is 6.42 Å². The van der Waals surface area contributed by atoms with Gasteiger partial charge < -0.3 is 14.4 Å². The van der Waals surface area contributed by atoms with Crippen molar-refractivity contribution in [2.24, 2.45) is 0 Å². The van der Waals surface area contributed by atoms with Crippen molar-refractivity contribution in [3.8, 4) is 5.75 Å². The Kier molecular flexibility index (Phi) is 3.79. The van der Waals surface area contributed by atoms with Crippen molar-refractivity contribution in [2.45, 2.75) is 26.9 Å². The fourth-order valence-electron chi connectivity index (χ4n) is 1.52. The van der Waals surface area contributed by atoms with Gasteiger partial charge >= 0.3 is 5.97 Å². The van der Waals surface area contributed by atoms with Crippen LogP contribution in [0.2, 0.25) is 0 Å². The Morgan fingerprint density at radius 1 is 1.47 bits per heavy atom. The highest BCUT2D eigenvalue weighted by molar-refractivity contribution is 5.88. The first-order valence-electron chi connectivity index (χ1n) is 5.88. The Labute approximate surface area is 110 Å². The zero-order valence-electron chi connectivity index (χ0n) is 10.7. The Hall–Kier alpha value is -2.37. The first kappa shape index (κ1) is 13.1. The number of aromatic carboxylic acids is 1. The van der Waals surface area contributed by atoms with Gasteiger partial charge in [-0.3, -0.25) is 0 Å². The lowest BCUT2D eigenvalue weighted by atomic mass is 10.1. The van der Waals surface area contributed by atoms with E-state index in [4.69, 9.17) is 14.4 Å². The predicted molar refractivity (Wildman–Crippen MR) is 66.1 cm³/mol. The Balaban J connectivity index is 2.10. The van der Waals surface area contributed by atoms with E-state index in [1.165, 1.54) is 12.1 Å². The molecule has 0 spiro atoms. The summed E-state index contributed by atoms with van der Waals surface area (Å²) >= 11 is 0. The van der Waals surface area contributed by atoms with Crippen LogP contribution in [0.5, 0.6) is 5.75 Å². The molecule has 2 aromatic rings. The number of nitrogens with zero attached hydrogens (tertiary/aromatic N) is 2. The summed E-state index contributed by atoms with van der Waals surface area (Å²) in [7, 11) is 0. The summed E-state index contributed by atoms with van der Waals surface area (Å²) in [6.07, 6.45) is 0.667. The number of aryl methyl sites for hydroxylation is 2. The second-order valence-corrected chi connectivity index (χ2v) is 4.03. The zero-order chi connectivity index (χ0) is 13.8. The van der Waals surface area contributed by atoms with Crippen molar-refractivity contribution < 1.29 is 19.2 Å². The number of ether oxygens (including phenoxy) is 1. The minimum Gasteiger partial charge on any atom is -0.485 e. The summed E-state index contributed by atoms with van der Waals surface area (Å²) in [6, 6.07) is 4.72. The number of benzene rings is 1. The molecule has 0 bridgehead atoms. The summed E-state index contributed by atoms with van der Waals surface area (Å²) in [6.45, 7) is 3.90. The molecule has 100 valence electrons. The minimum atomic E-state index is -0.988. The van der Waals surface area contributed by atoms with Crippen molar-refractivity contribution in [1.82, 2.24) is 10.1 Å². The first-order valence-corrected chi connectivity index (χ1v) is 5.88. The third-order valence-corrected chi connectivity index (χ3v) is 2.60. The maximum atomic E-state index is 10.9. The van der Waals surface area contributed by atoms with Crippen LogP contribution < -0.4 is 4.74 Å². The number of hydrogen-bond donors (Lipinski definition) is 1. The Morgan fingerprint density at radius 3 is 2.89 bits per heavy atom. The van der Waals surface area contributed by atoms with Crippen molar-refractivity contribution in [3.63, 3.8) is 0 Å². The van der Waals surface area contributed by atoms with Gasteiger partial charge in [-0.15, -0.1) is 0 Å². The largest absolute Gasteiger partial charge is 0.485 e. The van der Waals surface area contributed by atoms with Crippen LogP contribution in [0, 0.1) is 6.92 Å². The molecule has 1 heterocycles. The molecule has 0 aliphatic rings. The van der Waals surface area contributed by atoms with Crippen molar-refractivity contribution in [3.05, 3.63) is 41.0 Å². The van der Waals surface area contributed by atoms with Gasteiger partial charge in [0.25, 0.3) is 0 Å².